The van der Waals surface area contributed by atoms with Gasteiger partial charge in [0.2, 0.25) is 0 Å². The molecule has 1 N–H and O–H groups in total. The fourth-order valence-electron chi connectivity index (χ4n) is 4.69. The van der Waals surface area contributed by atoms with E-state index in [1.54, 1.807) is 0 Å². The van der Waals surface area contributed by atoms with E-state index in [9.17, 15) is 9.90 Å². The number of hydrogen-bond acceptors (Lipinski definition) is 3. The summed E-state index contributed by atoms with van der Waals surface area (Å²) in [6.45, 7) is 2.41. The standard InChI is InChI=1S/C27H25Cl2NO3/c1-18(19-6-10-21(28)11-7-19)30-25(32)23-4-2-3-5-24(23)27(30,20-8-12-22(29)13-9-20)33-17-26(16-31)14-15-26/h2-13,18,31H,14-17H2,1H3/t18-,27?/m1/s1. The number of carbonyl (C=O) groups is 1. The lowest BCUT2D eigenvalue weighted by Gasteiger charge is -2.43. The molecule has 3 aromatic carbocycles. The van der Waals surface area contributed by atoms with Gasteiger partial charge < -0.3 is 9.84 Å². The first-order valence-corrected chi connectivity index (χ1v) is 11.9. The number of fused-ring (bicyclic) bond motifs is 1. The van der Waals surface area contributed by atoms with Crippen molar-refractivity contribution in [3.63, 3.8) is 0 Å². The molecule has 0 bridgehead atoms. The van der Waals surface area contributed by atoms with Crippen molar-refractivity contribution < 1.29 is 14.6 Å². The molecule has 0 aromatic heterocycles. The summed E-state index contributed by atoms with van der Waals surface area (Å²) in [5.41, 5.74) is 1.77. The van der Waals surface area contributed by atoms with Crippen LogP contribution in [0.3, 0.4) is 0 Å². The van der Waals surface area contributed by atoms with Crippen LogP contribution in [-0.4, -0.2) is 29.1 Å². The molecule has 1 saturated carbocycles. The third-order valence-electron chi connectivity index (χ3n) is 6.94. The van der Waals surface area contributed by atoms with Crippen LogP contribution in [0, 0.1) is 5.41 Å². The van der Waals surface area contributed by atoms with E-state index in [0.29, 0.717) is 22.2 Å². The van der Waals surface area contributed by atoms with Crippen molar-refractivity contribution in [2.45, 2.75) is 31.5 Å². The zero-order valence-corrected chi connectivity index (χ0v) is 19.8. The summed E-state index contributed by atoms with van der Waals surface area (Å²) in [7, 11) is 0. The van der Waals surface area contributed by atoms with Crippen molar-refractivity contribution in [2.75, 3.05) is 13.2 Å². The molecular formula is C27H25Cl2NO3. The van der Waals surface area contributed by atoms with E-state index in [2.05, 4.69) is 0 Å². The summed E-state index contributed by atoms with van der Waals surface area (Å²) in [6.07, 6.45) is 1.81. The van der Waals surface area contributed by atoms with E-state index < -0.39 is 5.72 Å². The highest BCUT2D eigenvalue weighted by molar-refractivity contribution is 6.30. The van der Waals surface area contributed by atoms with Crippen molar-refractivity contribution in [3.8, 4) is 0 Å². The van der Waals surface area contributed by atoms with E-state index in [1.165, 1.54) is 0 Å². The van der Waals surface area contributed by atoms with Crippen LogP contribution in [0.5, 0.6) is 0 Å². The number of aliphatic hydroxyl groups excluding tert-OH is 1. The van der Waals surface area contributed by atoms with Crippen LogP contribution < -0.4 is 0 Å². The van der Waals surface area contributed by atoms with Gasteiger partial charge in [-0.05, 0) is 55.7 Å². The van der Waals surface area contributed by atoms with Crippen LogP contribution in [0.15, 0.2) is 72.8 Å². The van der Waals surface area contributed by atoms with Crippen LogP contribution in [0.1, 0.15) is 52.9 Å². The van der Waals surface area contributed by atoms with Crippen LogP contribution in [0.4, 0.5) is 0 Å². The first-order valence-electron chi connectivity index (χ1n) is 11.1. The van der Waals surface area contributed by atoms with E-state index in [1.807, 2.05) is 84.6 Å². The molecule has 1 fully saturated rings. The monoisotopic (exact) mass is 481 g/mol. The minimum atomic E-state index is -1.15. The largest absolute Gasteiger partial charge is 0.396 e. The summed E-state index contributed by atoms with van der Waals surface area (Å²) in [5.74, 6) is -0.100. The molecule has 170 valence electrons. The lowest BCUT2D eigenvalue weighted by atomic mass is 9.91. The van der Waals surface area contributed by atoms with E-state index in [4.69, 9.17) is 27.9 Å². The average molecular weight is 482 g/mol. The molecule has 0 saturated heterocycles. The Hall–Kier alpha value is -2.37. The molecule has 2 atom stereocenters. The Kier molecular flexibility index (Phi) is 5.74. The zero-order valence-electron chi connectivity index (χ0n) is 18.3. The SMILES string of the molecule is C[C@H](c1ccc(Cl)cc1)N1C(=O)c2ccccc2C1(OCC1(CO)CC1)c1ccc(Cl)cc1. The first kappa shape index (κ1) is 22.4. The van der Waals surface area contributed by atoms with Gasteiger partial charge in [-0.25, -0.2) is 0 Å². The fraction of sp³-hybridized carbons (Fsp3) is 0.296. The number of benzene rings is 3. The Balaban J connectivity index is 1.70. The summed E-state index contributed by atoms with van der Waals surface area (Å²) in [5, 5.41) is 11.2. The maximum absolute atomic E-state index is 13.9. The Morgan fingerprint density at radius 2 is 1.58 bits per heavy atom. The van der Waals surface area contributed by atoms with Gasteiger partial charge in [-0.1, -0.05) is 65.7 Å². The molecule has 6 heteroatoms. The maximum Gasteiger partial charge on any atom is 0.257 e. The highest BCUT2D eigenvalue weighted by atomic mass is 35.5. The number of hydrogen-bond donors (Lipinski definition) is 1. The van der Waals surface area contributed by atoms with Gasteiger partial charge in [-0.15, -0.1) is 0 Å². The van der Waals surface area contributed by atoms with Gasteiger partial charge in [-0.2, -0.15) is 0 Å². The molecule has 3 aromatic rings. The third kappa shape index (κ3) is 3.75. The van der Waals surface area contributed by atoms with E-state index in [-0.39, 0.29) is 24.0 Å². The van der Waals surface area contributed by atoms with Crippen molar-refractivity contribution in [2.24, 2.45) is 5.41 Å². The summed E-state index contributed by atoms with van der Waals surface area (Å²) < 4.78 is 6.79. The molecule has 1 aliphatic carbocycles. The zero-order chi connectivity index (χ0) is 23.2. The smallest absolute Gasteiger partial charge is 0.257 e. The number of carbonyl (C=O) groups excluding carboxylic acids is 1. The predicted molar refractivity (Wildman–Crippen MR) is 129 cm³/mol. The Morgan fingerprint density at radius 3 is 2.18 bits per heavy atom. The highest BCUT2D eigenvalue weighted by Gasteiger charge is 2.56. The quantitative estimate of drug-likeness (QED) is 0.436. The second-order valence-corrected chi connectivity index (χ2v) is 9.92. The van der Waals surface area contributed by atoms with Crippen LogP contribution in [0.25, 0.3) is 0 Å². The van der Waals surface area contributed by atoms with Gasteiger partial charge >= 0.3 is 0 Å². The van der Waals surface area contributed by atoms with Crippen molar-refractivity contribution in [3.05, 3.63) is 105 Å². The van der Waals surface area contributed by atoms with Crippen LogP contribution in [0.2, 0.25) is 10.0 Å². The number of ether oxygens (including phenoxy) is 1. The summed E-state index contributed by atoms with van der Waals surface area (Å²) in [4.78, 5) is 15.7. The molecule has 4 nitrogen and oxygen atoms in total. The Bertz CT molecular complexity index is 1170. The second kappa shape index (κ2) is 8.44. The van der Waals surface area contributed by atoms with E-state index in [0.717, 1.165) is 29.5 Å². The normalized spacial score (nSPS) is 21.7. The lowest BCUT2D eigenvalue weighted by Crippen LogP contribution is -2.49. The molecule has 1 unspecified atom stereocenters. The number of nitrogens with zero attached hydrogens (tertiary/aromatic N) is 1. The van der Waals surface area contributed by atoms with Gasteiger partial charge in [-0.3, -0.25) is 9.69 Å². The molecular weight excluding hydrogens is 457 g/mol. The molecule has 0 radical (unpaired) electrons. The van der Waals surface area contributed by atoms with E-state index >= 15 is 0 Å². The highest BCUT2D eigenvalue weighted by Crippen LogP contribution is 2.53. The first-order chi connectivity index (χ1) is 15.9. The van der Waals surface area contributed by atoms with Gasteiger partial charge in [0, 0.05) is 32.2 Å². The molecule has 0 spiro atoms. The minimum absolute atomic E-state index is 0.0615. The van der Waals surface area contributed by atoms with Crippen LogP contribution >= 0.6 is 23.2 Å². The Labute approximate surface area is 203 Å². The molecule has 1 amide bonds. The molecule has 33 heavy (non-hydrogen) atoms. The lowest BCUT2D eigenvalue weighted by molar-refractivity contribution is -0.137. The minimum Gasteiger partial charge on any atom is -0.396 e. The van der Waals surface area contributed by atoms with Crippen molar-refractivity contribution in [1.82, 2.24) is 4.90 Å². The number of halogens is 2. The summed E-state index contributed by atoms with van der Waals surface area (Å²) in [6, 6.07) is 22.3. The fourth-order valence-corrected chi connectivity index (χ4v) is 4.94. The topological polar surface area (TPSA) is 49.8 Å². The molecule has 1 aliphatic heterocycles. The average Bonchev–Trinajstić information content (AvgIpc) is 3.58. The number of rotatable bonds is 7. The number of aliphatic hydroxyl groups is 1. The maximum atomic E-state index is 13.9. The van der Waals surface area contributed by atoms with Crippen molar-refractivity contribution in [1.29, 1.82) is 0 Å². The van der Waals surface area contributed by atoms with Gasteiger partial charge in [0.25, 0.3) is 5.91 Å². The van der Waals surface area contributed by atoms with Gasteiger partial charge in [0.15, 0.2) is 5.72 Å². The summed E-state index contributed by atoms with van der Waals surface area (Å²) >= 11 is 12.3. The van der Waals surface area contributed by atoms with Crippen LogP contribution in [-0.2, 0) is 10.5 Å². The second-order valence-electron chi connectivity index (χ2n) is 9.05. The van der Waals surface area contributed by atoms with Crippen molar-refractivity contribution >= 4 is 29.1 Å². The van der Waals surface area contributed by atoms with Gasteiger partial charge in [0.1, 0.15) is 0 Å². The number of amides is 1. The molecule has 5 rings (SSSR count). The predicted octanol–water partition coefficient (Wildman–Crippen LogP) is 6.20. The Morgan fingerprint density at radius 1 is 0.970 bits per heavy atom. The van der Waals surface area contributed by atoms with Gasteiger partial charge in [0.05, 0.1) is 19.3 Å². The third-order valence-corrected chi connectivity index (χ3v) is 7.44. The molecule has 1 heterocycles. The molecule has 2 aliphatic rings.